The molecule has 1 atom stereocenters. The molecule has 0 aliphatic heterocycles. The summed E-state index contributed by atoms with van der Waals surface area (Å²) in [7, 11) is -7.05. The molecule has 0 N–H and O–H groups in total. The van der Waals surface area contributed by atoms with Crippen LogP contribution in [0.1, 0.15) is 49.9 Å². The van der Waals surface area contributed by atoms with Gasteiger partial charge in [-0.15, -0.1) is 0 Å². The van der Waals surface area contributed by atoms with Crippen molar-refractivity contribution in [1.29, 1.82) is 0 Å². The maximum Gasteiger partial charge on any atom is 0.373 e. The lowest BCUT2D eigenvalue weighted by atomic mass is 10.1. The zero-order chi connectivity index (χ0) is 44.0. The van der Waals surface area contributed by atoms with Crippen LogP contribution in [0.2, 0.25) is 0 Å². The lowest BCUT2D eigenvalue weighted by Crippen LogP contribution is -2.28. The van der Waals surface area contributed by atoms with E-state index in [1.807, 2.05) is 55.5 Å². The summed E-state index contributed by atoms with van der Waals surface area (Å²) in [6, 6.07) is 28.4. The van der Waals surface area contributed by atoms with Crippen molar-refractivity contribution in [3.63, 3.8) is 0 Å². The fourth-order valence-corrected chi connectivity index (χ4v) is 6.18. The third kappa shape index (κ3) is 19.4. The van der Waals surface area contributed by atoms with Gasteiger partial charge in [0, 0.05) is 25.9 Å². The topological polar surface area (TPSA) is 176 Å². The van der Waals surface area contributed by atoms with Crippen molar-refractivity contribution in [2.24, 2.45) is 0 Å². The molecular formula is C44H54O14S2. The van der Waals surface area contributed by atoms with Gasteiger partial charge in [-0.25, -0.2) is 9.59 Å². The van der Waals surface area contributed by atoms with Crippen LogP contribution in [0.3, 0.4) is 0 Å². The highest BCUT2D eigenvalue weighted by molar-refractivity contribution is 7.86. The molecule has 326 valence electrons. The van der Waals surface area contributed by atoms with Gasteiger partial charge in [-0.05, 0) is 105 Å². The van der Waals surface area contributed by atoms with Crippen LogP contribution in [-0.2, 0) is 68.0 Å². The Morgan fingerprint density at radius 3 is 1.37 bits per heavy atom. The quantitative estimate of drug-likeness (QED) is 0.0331. The standard InChI is InChI=1S/C22H28O7S.C22H26O7S/c2*1-4-26-21(22(23)27-5-2)16-18-8-10-19(11-9-18)28-15-14-17-6-12-20(13-7-17)29-30(3,24)25/h6-13,21H,4-5,14-16H2,1-3H3;6-13,16H,4-5,14-15H2,1-3H3. The summed E-state index contributed by atoms with van der Waals surface area (Å²) in [6.45, 7) is 9.48. The highest BCUT2D eigenvalue weighted by atomic mass is 32.2. The zero-order valence-electron chi connectivity index (χ0n) is 34.8. The van der Waals surface area contributed by atoms with E-state index in [1.165, 1.54) is 0 Å². The molecule has 1 unspecified atom stereocenters. The zero-order valence-corrected chi connectivity index (χ0v) is 36.4. The maximum atomic E-state index is 12.0. The molecule has 0 aromatic heterocycles. The van der Waals surface area contributed by atoms with E-state index in [0.717, 1.165) is 40.5 Å². The van der Waals surface area contributed by atoms with E-state index in [4.69, 9.17) is 36.8 Å². The Hall–Kier alpha value is -5.58. The third-order valence-electron chi connectivity index (χ3n) is 7.88. The second kappa shape index (κ2) is 25.1. The highest BCUT2D eigenvalue weighted by Gasteiger charge is 2.20. The average molecular weight is 871 g/mol. The smallest absolute Gasteiger partial charge is 0.373 e. The molecule has 0 saturated heterocycles. The fourth-order valence-electron chi connectivity index (χ4n) is 5.26. The third-order valence-corrected chi connectivity index (χ3v) is 8.87. The molecule has 0 aliphatic carbocycles. The van der Waals surface area contributed by atoms with Gasteiger partial charge in [0.05, 0.1) is 45.5 Å². The molecule has 0 bridgehead atoms. The summed E-state index contributed by atoms with van der Waals surface area (Å²) in [5, 5.41) is 0. The second-order valence-corrected chi connectivity index (χ2v) is 16.0. The number of carbonyl (C=O) groups is 2. The van der Waals surface area contributed by atoms with Crippen molar-refractivity contribution >= 4 is 38.3 Å². The van der Waals surface area contributed by atoms with E-state index < -0.39 is 32.3 Å². The Kier molecular flexibility index (Phi) is 20.4. The van der Waals surface area contributed by atoms with Gasteiger partial charge in [-0.2, -0.15) is 16.8 Å². The minimum absolute atomic E-state index is 0.163. The summed E-state index contributed by atoms with van der Waals surface area (Å²) in [5.74, 6) is 1.29. The van der Waals surface area contributed by atoms with Crippen LogP contribution in [0.25, 0.3) is 6.08 Å². The lowest BCUT2D eigenvalue weighted by Gasteiger charge is -2.15. The molecule has 0 heterocycles. The molecule has 4 rings (SSSR count). The summed E-state index contributed by atoms with van der Waals surface area (Å²) >= 11 is 0. The normalized spacial score (nSPS) is 11.9. The Morgan fingerprint density at radius 1 is 0.533 bits per heavy atom. The summed E-state index contributed by atoms with van der Waals surface area (Å²) in [6.07, 6.45) is 4.78. The van der Waals surface area contributed by atoms with Crippen LogP contribution >= 0.6 is 0 Å². The first kappa shape index (κ1) is 48.8. The number of hydrogen-bond acceptors (Lipinski definition) is 14. The highest BCUT2D eigenvalue weighted by Crippen LogP contribution is 2.20. The van der Waals surface area contributed by atoms with E-state index in [2.05, 4.69) is 0 Å². The number of hydrogen-bond donors (Lipinski definition) is 0. The van der Waals surface area contributed by atoms with Crippen LogP contribution in [-0.4, -0.2) is 87.0 Å². The van der Waals surface area contributed by atoms with Gasteiger partial charge < -0.3 is 36.8 Å². The Balaban J connectivity index is 0.000000320. The van der Waals surface area contributed by atoms with Gasteiger partial charge in [-0.3, -0.25) is 0 Å². The van der Waals surface area contributed by atoms with Gasteiger partial charge in [0.15, 0.2) is 6.10 Å². The lowest BCUT2D eigenvalue weighted by molar-refractivity contribution is -0.156. The molecule has 0 spiro atoms. The van der Waals surface area contributed by atoms with Crippen LogP contribution in [0.5, 0.6) is 23.0 Å². The molecule has 60 heavy (non-hydrogen) atoms. The molecule has 0 radical (unpaired) electrons. The second-order valence-electron chi connectivity index (χ2n) is 12.8. The van der Waals surface area contributed by atoms with E-state index in [0.29, 0.717) is 58.0 Å². The van der Waals surface area contributed by atoms with Gasteiger partial charge >= 0.3 is 32.2 Å². The SMILES string of the molecule is CCOC(=O)C(=Cc1ccc(OCCc2ccc(OS(C)(=O)=O)cc2)cc1)OCC.CCOC(=O)C(Cc1ccc(OCCc2ccc(OS(C)(=O)=O)cc2)cc1)OCC. The molecule has 0 fully saturated rings. The number of carbonyl (C=O) groups excluding carboxylic acids is 2. The molecule has 0 saturated carbocycles. The first-order valence-corrected chi connectivity index (χ1v) is 23.0. The molecule has 16 heteroatoms. The van der Waals surface area contributed by atoms with Crippen LogP contribution in [0.4, 0.5) is 0 Å². The van der Waals surface area contributed by atoms with Crippen LogP contribution in [0.15, 0.2) is 103 Å². The van der Waals surface area contributed by atoms with Gasteiger partial charge in [0.2, 0.25) is 5.76 Å². The Bertz CT molecular complexity index is 2150. The monoisotopic (exact) mass is 870 g/mol. The minimum atomic E-state index is -3.53. The first-order chi connectivity index (χ1) is 28.6. The maximum absolute atomic E-state index is 12.0. The van der Waals surface area contributed by atoms with Crippen molar-refractivity contribution in [3.8, 4) is 23.0 Å². The Morgan fingerprint density at radius 2 is 0.950 bits per heavy atom. The van der Waals surface area contributed by atoms with E-state index >= 15 is 0 Å². The minimum Gasteiger partial charge on any atom is -0.493 e. The molecule has 14 nitrogen and oxygen atoms in total. The summed E-state index contributed by atoms with van der Waals surface area (Å²) in [4.78, 5) is 23.9. The first-order valence-electron chi connectivity index (χ1n) is 19.3. The predicted molar refractivity (Wildman–Crippen MR) is 227 cm³/mol. The number of benzene rings is 4. The number of ether oxygens (including phenoxy) is 6. The molecule has 4 aromatic rings. The van der Waals surface area contributed by atoms with E-state index in [9.17, 15) is 26.4 Å². The van der Waals surface area contributed by atoms with Gasteiger partial charge in [-0.1, -0.05) is 48.5 Å². The van der Waals surface area contributed by atoms with Crippen molar-refractivity contribution in [3.05, 3.63) is 125 Å². The van der Waals surface area contributed by atoms with Crippen LogP contribution in [0, 0.1) is 0 Å². The van der Waals surface area contributed by atoms with Crippen molar-refractivity contribution < 1.29 is 63.2 Å². The van der Waals surface area contributed by atoms with Crippen LogP contribution < -0.4 is 17.8 Å². The van der Waals surface area contributed by atoms with Gasteiger partial charge in [0.25, 0.3) is 0 Å². The van der Waals surface area contributed by atoms with Crippen molar-refractivity contribution in [2.75, 3.05) is 52.2 Å². The predicted octanol–water partition coefficient (Wildman–Crippen LogP) is 6.74. The number of rotatable bonds is 23. The summed E-state index contributed by atoms with van der Waals surface area (Å²) in [5.41, 5.74) is 3.74. The van der Waals surface area contributed by atoms with Crippen molar-refractivity contribution in [2.45, 2.75) is 53.1 Å². The molecule has 0 aliphatic rings. The van der Waals surface area contributed by atoms with Crippen molar-refractivity contribution in [1.82, 2.24) is 0 Å². The molecule has 0 amide bonds. The number of esters is 2. The Labute approximate surface area is 353 Å². The molecule has 4 aromatic carbocycles. The summed E-state index contributed by atoms with van der Waals surface area (Å²) < 4.78 is 86.5. The average Bonchev–Trinajstić information content (AvgIpc) is 3.19. The van der Waals surface area contributed by atoms with E-state index in [-0.39, 0.29) is 29.8 Å². The van der Waals surface area contributed by atoms with Gasteiger partial charge in [0.1, 0.15) is 23.0 Å². The largest absolute Gasteiger partial charge is 0.493 e. The molecular weight excluding hydrogens is 817 g/mol. The van der Waals surface area contributed by atoms with E-state index in [1.54, 1.807) is 75.4 Å². The fraction of sp³-hybridized carbons (Fsp3) is 0.364.